The largest absolute Gasteiger partial charge is 0.481 e. The fraction of sp³-hybridized carbons (Fsp3) is 0.692. The second-order valence-corrected chi connectivity index (χ2v) is 4.63. The van der Waals surface area contributed by atoms with Crippen LogP contribution >= 0.6 is 0 Å². The second kappa shape index (κ2) is 7.16. The van der Waals surface area contributed by atoms with Crippen LogP contribution < -0.4 is 5.73 Å². The minimum Gasteiger partial charge on any atom is -0.481 e. The molecule has 0 aliphatic heterocycles. The molecule has 0 aliphatic carbocycles. The highest BCUT2D eigenvalue weighted by molar-refractivity contribution is 5.70. The predicted octanol–water partition coefficient (Wildman–Crippen LogP) is 1.35. The number of carbonyl (C=O) groups is 1. The third-order valence-electron chi connectivity index (χ3n) is 3.20. The zero-order valence-corrected chi connectivity index (χ0v) is 11.2. The third-order valence-corrected chi connectivity index (χ3v) is 3.20. The van der Waals surface area contributed by atoms with E-state index in [0.717, 1.165) is 30.7 Å². The van der Waals surface area contributed by atoms with Crippen LogP contribution in [0, 0.1) is 5.92 Å². The molecule has 0 radical (unpaired) electrons. The van der Waals surface area contributed by atoms with Gasteiger partial charge in [0.15, 0.2) is 0 Å². The van der Waals surface area contributed by atoms with Gasteiger partial charge in [-0.05, 0) is 31.9 Å². The van der Waals surface area contributed by atoms with Crippen LogP contribution in [0.2, 0.25) is 0 Å². The van der Waals surface area contributed by atoms with E-state index < -0.39 is 5.97 Å². The minimum absolute atomic E-state index is 0.336. The lowest BCUT2D eigenvalue weighted by Gasteiger charge is -2.11. The summed E-state index contributed by atoms with van der Waals surface area (Å²) in [6.07, 6.45) is 3.85. The van der Waals surface area contributed by atoms with E-state index in [1.807, 2.05) is 20.0 Å². The Balaban J connectivity index is 2.64. The first-order valence-corrected chi connectivity index (χ1v) is 6.53. The number of aryl methyl sites for hydroxylation is 2. The van der Waals surface area contributed by atoms with Gasteiger partial charge in [-0.2, -0.15) is 5.10 Å². The first kappa shape index (κ1) is 14.7. The molecule has 1 aromatic heterocycles. The molecular weight excluding hydrogens is 230 g/mol. The van der Waals surface area contributed by atoms with Crippen molar-refractivity contribution in [3.8, 4) is 0 Å². The molecule has 5 nitrogen and oxygen atoms in total. The van der Waals surface area contributed by atoms with Crippen molar-refractivity contribution < 1.29 is 9.90 Å². The second-order valence-electron chi connectivity index (χ2n) is 4.63. The number of aromatic nitrogens is 2. The van der Waals surface area contributed by atoms with Crippen LogP contribution in [-0.4, -0.2) is 27.4 Å². The minimum atomic E-state index is -0.730. The normalized spacial score (nSPS) is 12.6. The fourth-order valence-corrected chi connectivity index (χ4v) is 2.04. The van der Waals surface area contributed by atoms with Crippen LogP contribution in [0.25, 0.3) is 0 Å². The van der Waals surface area contributed by atoms with Crippen molar-refractivity contribution in [1.29, 1.82) is 0 Å². The third kappa shape index (κ3) is 4.14. The van der Waals surface area contributed by atoms with E-state index in [4.69, 9.17) is 5.73 Å². The molecule has 1 atom stereocenters. The smallest absolute Gasteiger partial charge is 0.306 e. The van der Waals surface area contributed by atoms with Crippen molar-refractivity contribution in [2.45, 2.75) is 39.0 Å². The predicted molar refractivity (Wildman–Crippen MR) is 70.3 cm³/mol. The number of carboxylic acid groups (broad SMARTS) is 1. The molecule has 1 unspecified atom stereocenters. The van der Waals surface area contributed by atoms with Crippen molar-refractivity contribution in [2.75, 3.05) is 6.54 Å². The highest BCUT2D eigenvalue weighted by Crippen LogP contribution is 2.16. The molecule has 0 bridgehead atoms. The van der Waals surface area contributed by atoms with Crippen molar-refractivity contribution in [3.63, 3.8) is 0 Å². The topological polar surface area (TPSA) is 81.1 Å². The molecule has 5 heteroatoms. The molecule has 102 valence electrons. The lowest BCUT2D eigenvalue weighted by molar-refractivity contribution is -0.142. The van der Waals surface area contributed by atoms with Crippen LogP contribution in [0.15, 0.2) is 6.07 Å². The van der Waals surface area contributed by atoms with Gasteiger partial charge < -0.3 is 10.8 Å². The molecule has 0 saturated heterocycles. The van der Waals surface area contributed by atoms with Crippen LogP contribution in [0.4, 0.5) is 0 Å². The van der Waals surface area contributed by atoms with Crippen molar-refractivity contribution in [3.05, 3.63) is 17.5 Å². The Morgan fingerprint density at radius 3 is 2.78 bits per heavy atom. The Morgan fingerprint density at radius 1 is 1.56 bits per heavy atom. The molecule has 1 heterocycles. The zero-order valence-electron chi connectivity index (χ0n) is 11.2. The maximum absolute atomic E-state index is 11.2. The summed E-state index contributed by atoms with van der Waals surface area (Å²) in [6, 6.07) is 2.00. The summed E-state index contributed by atoms with van der Waals surface area (Å²) in [7, 11) is 1.87. The number of nitrogens with two attached hydrogens (primary N) is 1. The van der Waals surface area contributed by atoms with Crippen molar-refractivity contribution in [1.82, 2.24) is 9.78 Å². The Hall–Kier alpha value is -1.36. The highest BCUT2D eigenvalue weighted by atomic mass is 16.4. The molecule has 1 aromatic rings. The van der Waals surface area contributed by atoms with Crippen LogP contribution in [0.5, 0.6) is 0 Å². The van der Waals surface area contributed by atoms with Crippen LogP contribution in [0.1, 0.15) is 37.6 Å². The van der Waals surface area contributed by atoms with E-state index in [9.17, 15) is 9.90 Å². The molecule has 0 amide bonds. The van der Waals surface area contributed by atoms with E-state index in [0.29, 0.717) is 19.4 Å². The van der Waals surface area contributed by atoms with E-state index in [2.05, 4.69) is 5.10 Å². The zero-order chi connectivity index (χ0) is 13.5. The highest BCUT2D eigenvalue weighted by Gasteiger charge is 2.19. The number of aliphatic carboxylic acids is 1. The van der Waals surface area contributed by atoms with Crippen LogP contribution in [0.3, 0.4) is 0 Å². The van der Waals surface area contributed by atoms with Gasteiger partial charge in [0.2, 0.25) is 0 Å². The number of rotatable bonds is 8. The lowest BCUT2D eigenvalue weighted by atomic mass is 9.96. The fourth-order valence-electron chi connectivity index (χ4n) is 2.04. The summed E-state index contributed by atoms with van der Waals surface area (Å²) in [5.41, 5.74) is 7.43. The Labute approximate surface area is 108 Å². The molecule has 3 N–H and O–H groups in total. The molecule has 0 fully saturated rings. The summed E-state index contributed by atoms with van der Waals surface area (Å²) in [6.45, 7) is 2.67. The molecule has 0 saturated carbocycles. The maximum Gasteiger partial charge on any atom is 0.306 e. The molecule has 0 spiro atoms. The molecule has 0 aromatic carbocycles. The van der Waals surface area contributed by atoms with Crippen molar-refractivity contribution in [2.24, 2.45) is 18.7 Å². The van der Waals surface area contributed by atoms with Gasteiger partial charge in [0.1, 0.15) is 0 Å². The van der Waals surface area contributed by atoms with Crippen LogP contribution in [-0.2, 0) is 24.7 Å². The Kier molecular flexibility index (Phi) is 5.85. The first-order chi connectivity index (χ1) is 8.58. The lowest BCUT2D eigenvalue weighted by Crippen LogP contribution is -2.18. The summed E-state index contributed by atoms with van der Waals surface area (Å²) < 4.78 is 1.79. The molecule has 1 rings (SSSR count). The molecule has 18 heavy (non-hydrogen) atoms. The average Bonchev–Trinajstić information content (AvgIpc) is 2.69. The number of unbranched alkanes of at least 4 members (excludes halogenated alkanes) is 1. The van der Waals surface area contributed by atoms with Gasteiger partial charge in [0.25, 0.3) is 0 Å². The van der Waals surface area contributed by atoms with E-state index in [1.54, 1.807) is 4.68 Å². The number of hydrogen-bond donors (Lipinski definition) is 2. The summed E-state index contributed by atoms with van der Waals surface area (Å²) in [5, 5.41) is 13.6. The van der Waals surface area contributed by atoms with E-state index >= 15 is 0 Å². The maximum atomic E-state index is 11.2. The number of carboxylic acids is 1. The van der Waals surface area contributed by atoms with Gasteiger partial charge in [-0.15, -0.1) is 0 Å². The van der Waals surface area contributed by atoms with Gasteiger partial charge in [0.05, 0.1) is 11.6 Å². The average molecular weight is 253 g/mol. The Morgan fingerprint density at radius 2 is 2.28 bits per heavy atom. The Bertz CT molecular complexity index is 388. The van der Waals surface area contributed by atoms with Gasteiger partial charge in [-0.25, -0.2) is 0 Å². The summed E-state index contributed by atoms with van der Waals surface area (Å²) in [5.74, 6) is -1.07. The summed E-state index contributed by atoms with van der Waals surface area (Å²) >= 11 is 0. The summed E-state index contributed by atoms with van der Waals surface area (Å²) in [4.78, 5) is 11.2. The quantitative estimate of drug-likeness (QED) is 0.685. The standard InChI is InChI=1S/C13H23N3O2/c1-3-11-9-12(16(2)15-11)8-10(13(17)18)6-4-5-7-14/h9-10H,3-8,14H2,1-2H3,(H,17,18). The molecular formula is C13H23N3O2. The molecule has 0 aliphatic rings. The van der Waals surface area contributed by atoms with Gasteiger partial charge >= 0.3 is 5.97 Å². The first-order valence-electron chi connectivity index (χ1n) is 6.53. The monoisotopic (exact) mass is 253 g/mol. The number of hydrogen-bond acceptors (Lipinski definition) is 3. The number of nitrogens with zero attached hydrogens (tertiary/aromatic N) is 2. The van der Waals surface area contributed by atoms with E-state index in [-0.39, 0.29) is 5.92 Å². The van der Waals surface area contributed by atoms with Crippen molar-refractivity contribution >= 4 is 5.97 Å². The van der Waals surface area contributed by atoms with Gasteiger partial charge in [-0.1, -0.05) is 13.3 Å². The van der Waals surface area contributed by atoms with Gasteiger partial charge in [-0.3, -0.25) is 9.48 Å². The van der Waals surface area contributed by atoms with E-state index in [1.165, 1.54) is 0 Å². The van der Waals surface area contributed by atoms with Gasteiger partial charge in [0, 0.05) is 19.2 Å². The SMILES string of the molecule is CCc1cc(CC(CCCCN)C(=O)O)n(C)n1.